The first-order valence-electron chi connectivity index (χ1n) is 9.79. The molecule has 2 heterocycles. The number of rotatable bonds is 4. The highest BCUT2D eigenvalue weighted by Crippen LogP contribution is 2.31. The van der Waals surface area contributed by atoms with Gasteiger partial charge in [-0.25, -0.2) is 5.43 Å². The van der Waals surface area contributed by atoms with Crippen LogP contribution in [0.25, 0.3) is 0 Å². The van der Waals surface area contributed by atoms with E-state index in [9.17, 15) is 9.59 Å². The van der Waals surface area contributed by atoms with Crippen LogP contribution in [-0.4, -0.2) is 29.6 Å². The van der Waals surface area contributed by atoms with E-state index in [2.05, 4.69) is 15.5 Å². The van der Waals surface area contributed by atoms with Crippen molar-refractivity contribution in [3.05, 3.63) is 83.1 Å². The Morgan fingerprint density at radius 3 is 2.67 bits per heavy atom. The molecule has 2 amide bonds. The third-order valence-electron chi connectivity index (χ3n) is 5.18. The van der Waals surface area contributed by atoms with Crippen LogP contribution in [0.5, 0.6) is 0 Å². The minimum Gasteiger partial charge on any atom is -0.455 e. The van der Waals surface area contributed by atoms with Gasteiger partial charge in [-0.05, 0) is 44.0 Å². The van der Waals surface area contributed by atoms with Gasteiger partial charge < -0.3 is 9.32 Å². The average Bonchev–Trinajstić information content (AvgIpc) is 3.14. The molecule has 0 saturated carbocycles. The van der Waals surface area contributed by atoms with Crippen LogP contribution in [0.15, 0.2) is 64.4 Å². The van der Waals surface area contributed by atoms with Crippen molar-refractivity contribution in [3.63, 3.8) is 0 Å². The molecule has 30 heavy (non-hydrogen) atoms. The third kappa shape index (κ3) is 3.74. The Balaban J connectivity index is 1.61. The van der Waals surface area contributed by atoms with E-state index in [4.69, 9.17) is 4.42 Å². The Hall–Kier alpha value is -3.74. The Kier molecular flexibility index (Phi) is 5.43. The summed E-state index contributed by atoms with van der Waals surface area (Å²) in [7, 11) is 1.72. The summed E-state index contributed by atoms with van der Waals surface area (Å²) in [5, 5.41) is 4.34. The molecule has 152 valence electrons. The lowest BCUT2D eigenvalue weighted by Gasteiger charge is -2.16. The SMILES string of the molecule is Cc1c(C(=O)N(C)c2ccccc2)oc2c1/C(=N/NC(=O)c1cccnc1)CCC2. The molecule has 0 bridgehead atoms. The summed E-state index contributed by atoms with van der Waals surface area (Å²) in [6.45, 7) is 1.86. The van der Waals surface area contributed by atoms with Gasteiger partial charge in [0.25, 0.3) is 11.8 Å². The smallest absolute Gasteiger partial charge is 0.294 e. The summed E-state index contributed by atoms with van der Waals surface area (Å²) in [4.78, 5) is 30.9. The van der Waals surface area contributed by atoms with Crippen LogP contribution in [0, 0.1) is 6.92 Å². The van der Waals surface area contributed by atoms with Crippen molar-refractivity contribution in [1.82, 2.24) is 10.4 Å². The highest BCUT2D eigenvalue weighted by Gasteiger charge is 2.29. The summed E-state index contributed by atoms with van der Waals surface area (Å²) in [5.74, 6) is 0.494. The first-order valence-corrected chi connectivity index (χ1v) is 9.79. The molecule has 1 aliphatic carbocycles. The van der Waals surface area contributed by atoms with Crippen molar-refractivity contribution in [1.29, 1.82) is 0 Å². The van der Waals surface area contributed by atoms with Crippen LogP contribution in [-0.2, 0) is 6.42 Å². The van der Waals surface area contributed by atoms with E-state index in [0.29, 0.717) is 17.7 Å². The second-order valence-corrected chi connectivity index (χ2v) is 7.15. The molecule has 2 aromatic heterocycles. The lowest BCUT2D eigenvalue weighted by molar-refractivity contribution is 0.0950. The fourth-order valence-corrected chi connectivity index (χ4v) is 3.59. The fourth-order valence-electron chi connectivity index (χ4n) is 3.59. The molecule has 0 saturated heterocycles. The number of aryl methyl sites for hydroxylation is 1. The quantitative estimate of drug-likeness (QED) is 0.674. The molecule has 1 N–H and O–H groups in total. The van der Waals surface area contributed by atoms with Gasteiger partial charge in [-0.2, -0.15) is 5.10 Å². The number of benzene rings is 1. The Bertz CT molecular complexity index is 1100. The average molecular weight is 402 g/mol. The van der Waals surface area contributed by atoms with E-state index in [1.165, 1.54) is 6.20 Å². The predicted octanol–water partition coefficient (Wildman–Crippen LogP) is 3.73. The summed E-state index contributed by atoms with van der Waals surface area (Å²) in [5.41, 5.74) is 6.09. The van der Waals surface area contributed by atoms with Gasteiger partial charge in [-0.15, -0.1) is 0 Å². The van der Waals surface area contributed by atoms with E-state index < -0.39 is 0 Å². The first-order chi connectivity index (χ1) is 14.6. The highest BCUT2D eigenvalue weighted by molar-refractivity contribution is 6.10. The van der Waals surface area contributed by atoms with Crippen molar-refractivity contribution in [3.8, 4) is 0 Å². The molecule has 0 atom stereocenters. The van der Waals surface area contributed by atoms with Crippen LogP contribution < -0.4 is 10.3 Å². The van der Waals surface area contributed by atoms with Crippen molar-refractivity contribution in [2.75, 3.05) is 11.9 Å². The van der Waals surface area contributed by atoms with Gasteiger partial charge in [-0.3, -0.25) is 14.6 Å². The number of nitrogens with one attached hydrogen (secondary N) is 1. The van der Waals surface area contributed by atoms with Crippen LogP contribution in [0.3, 0.4) is 0 Å². The van der Waals surface area contributed by atoms with Gasteiger partial charge in [0.2, 0.25) is 0 Å². The minimum absolute atomic E-state index is 0.216. The second kappa shape index (κ2) is 8.32. The number of hydrogen-bond donors (Lipinski definition) is 1. The number of nitrogens with zero attached hydrogens (tertiary/aromatic N) is 3. The Morgan fingerprint density at radius 2 is 1.93 bits per heavy atom. The van der Waals surface area contributed by atoms with Gasteiger partial charge in [0.05, 0.1) is 11.3 Å². The van der Waals surface area contributed by atoms with Gasteiger partial charge in [0, 0.05) is 42.7 Å². The number of carbonyl (C=O) groups is 2. The third-order valence-corrected chi connectivity index (χ3v) is 5.18. The number of fused-ring (bicyclic) bond motifs is 1. The molecule has 1 aromatic carbocycles. The lowest BCUT2D eigenvalue weighted by atomic mass is 9.93. The number of aromatic nitrogens is 1. The number of hydrogen-bond acceptors (Lipinski definition) is 5. The monoisotopic (exact) mass is 402 g/mol. The number of hydrazone groups is 1. The molecule has 3 aromatic rings. The molecular formula is C23H22N4O3. The normalized spacial score (nSPS) is 14.3. The van der Waals surface area contributed by atoms with Crippen LogP contribution in [0.2, 0.25) is 0 Å². The molecule has 7 heteroatoms. The maximum Gasteiger partial charge on any atom is 0.294 e. The zero-order valence-corrected chi connectivity index (χ0v) is 16.9. The molecule has 0 spiro atoms. The van der Waals surface area contributed by atoms with Crippen LogP contribution >= 0.6 is 0 Å². The molecule has 7 nitrogen and oxygen atoms in total. The predicted molar refractivity (Wildman–Crippen MR) is 114 cm³/mol. The summed E-state index contributed by atoms with van der Waals surface area (Å²) < 4.78 is 5.97. The Labute approximate surface area is 174 Å². The number of pyridine rings is 1. The van der Waals surface area contributed by atoms with Crippen molar-refractivity contribution < 1.29 is 14.0 Å². The summed E-state index contributed by atoms with van der Waals surface area (Å²) in [6, 6.07) is 12.8. The number of carbonyl (C=O) groups excluding carboxylic acids is 2. The molecule has 4 rings (SSSR count). The molecule has 0 aliphatic heterocycles. The molecule has 1 aliphatic rings. The molecule has 0 unspecified atom stereocenters. The van der Waals surface area contributed by atoms with Crippen LogP contribution in [0.1, 0.15) is 50.6 Å². The maximum atomic E-state index is 13.1. The zero-order chi connectivity index (χ0) is 21.1. The van der Waals surface area contributed by atoms with E-state index in [0.717, 1.165) is 41.1 Å². The molecule has 0 radical (unpaired) electrons. The van der Waals surface area contributed by atoms with E-state index >= 15 is 0 Å². The summed E-state index contributed by atoms with van der Waals surface area (Å²) >= 11 is 0. The first kappa shape index (κ1) is 19.6. The maximum absolute atomic E-state index is 13.1. The number of para-hydroxylation sites is 1. The van der Waals surface area contributed by atoms with Crippen molar-refractivity contribution in [2.45, 2.75) is 26.2 Å². The van der Waals surface area contributed by atoms with E-state index in [-0.39, 0.29) is 11.8 Å². The van der Waals surface area contributed by atoms with Crippen molar-refractivity contribution in [2.24, 2.45) is 5.10 Å². The van der Waals surface area contributed by atoms with Gasteiger partial charge >= 0.3 is 0 Å². The Morgan fingerprint density at radius 1 is 1.13 bits per heavy atom. The molecule has 0 fully saturated rings. The van der Waals surface area contributed by atoms with E-state index in [1.807, 2.05) is 37.3 Å². The number of anilines is 1. The number of furan rings is 1. The van der Waals surface area contributed by atoms with E-state index in [1.54, 1.807) is 30.3 Å². The zero-order valence-electron chi connectivity index (χ0n) is 16.9. The standard InChI is InChI=1S/C23H22N4O3/c1-15-20-18(25-26-22(28)16-8-7-13-24-14-16)11-6-12-19(20)30-21(15)23(29)27(2)17-9-4-3-5-10-17/h3-5,7-10,13-14H,6,11-12H2,1-2H3,(H,26,28)/b25-18+. The molecular weight excluding hydrogens is 380 g/mol. The number of amides is 2. The minimum atomic E-state index is -0.330. The lowest BCUT2D eigenvalue weighted by Crippen LogP contribution is -2.26. The van der Waals surface area contributed by atoms with Crippen molar-refractivity contribution >= 4 is 23.2 Å². The largest absolute Gasteiger partial charge is 0.455 e. The highest BCUT2D eigenvalue weighted by atomic mass is 16.4. The summed E-state index contributed by atoms with van der Waals surface area (Å²) in [6.07, 6.45) is 5.36. The topological polar surface area (TPSA) is 87.8 Å². The van der Waals surface area contributed by atoms with Crippen LogP contribution in [0.4, 0.5) is 5.69 Å². The van der Waals surface area contributed by atoms with Gasteiger partial charge in [-0.1, -0.05) is 18.2 Å². The van der Waals surface area contributed by atoms with Gasteiger partial charge in [0.15, 0.2) is 5.76 Å². The second-order valence-electron chi connectivity index (χ2n) is 7.15. The van der Waals surface area contributed by atoms with Gasteiger partial charge in [0.1, 0.15) is 5.76 Å². The fraction of sp³-hybridized carbons (Fsp3) is 0.217.